The third kappa shape index (κ3) is 3.70. The van der Waals surface area contributed by atoms with Crippen LogP contribution in [0.2, 0.25) is 10.0 Å². The van der Waals surface area contributed by atoms with Gasteiger partial charge in [-0.15, -0.1) is 0 Å². The summed E-state index contributed by atoms with van der Waals surface area (Å²) in [6.07, 6.45) is 3.60. The second-order valence-corrected chi connectivity index (χ2v) is 5.95. The molecule has 0 aromatic carbocycles. The van der Waals surface area contributed by atoms with Crippen molar-refractivity contribution in [1.29, 1.82) is 5.26 Å². The van der Waals surface area contributed by atoms with Crippen LogP contribution >= 0.6 is 23.2 Å². The van der Waals surface area contributed by atoms with Crippen LogP contribution < -0.4 is 0 Å². The molecule has 0 aliphatic rings. The Morgan fingerprint density at radius 2 is 2.23 bits per heavy atom. The summed E-state index contributed by atoms with van der Waals surface area (Å²) in [5, 5.41) is 9.82. The summed E-state index contributed by atoms with van der Waals surface area (Å²) in [6, 6.07) is 3.75. The van der Waals surface area contributed by atoms with Crippen LogP contribution in [0.3, 0.4) is 0 Å². The first-order valence-corrected chi connectivity index (χ1v) is 7.70. The topological polar surface area (TPSA) is 61.4 Å². The standard InChI is InChI=1S/C15H16Cl2N4O/c1-3-20(7-10(2)6-18)14(22)5-12-9-21-8-11(16)4-13(17)15(21)19-12/h4,8-10H,3,5,7H2,1-2H3/t10-/m1/s1. The highest BCUT2D eigenvalue weighted by Crippen LogP contribution is 2.22. The van der Waals surface area contributed by atoms with Crippen molar-refractivity contribution < 1.29 is 4.79 Å². The molecule has 2 aromatic rings. The molecular formula is C15H16Cl2N4O. The number of fused-ring (bicyclic) bond motifs is 1. The van der Waals surface area contributed by atoms with E-state index in [2.05, 4.69) is 11.1 Å². The van der Waals surface area contributed by atoms with Crippen molar-refractivity contribution in [3.8, 4) is 6.07 Å². The highest BCUT2D eigenvalue weighted by atomic mass is 35.5. The summed E-state index contributed by atoms with van der Waals surface area (Å²) in [5.74, 6) is -0.256. The first-order chi connectivity index (χ1) is 10.4. The van der Waals surface area contributed by atoms with E-state index >= 15 is 0 Å². The quantitative estimate of drug-likeness (QED) is 0.840. The number of nitriles is 1. The van der Waals surface area contributed by atoms with Gasteiger partial charge in [-0.1, -0.05) is 23.2 Å². The van der Waals surface area contributed by atoms with Gasteiger partial charge in [-0.3, -0.25) is 4.79 Å². The SMILES string of the molecule is CCN(C[C@H](C)C#N)C(=O)Cc1cn2cc(Cl)cc(Cl)c2n1. The Labute approximate surface area is 139 Å². The van der Waals surface area contributed by atoms with Crippen molar-refractivity contribution in [2.24, 2.45) is 5.92 Å². The summed E-state index contributed by atoms with van der Waals surface area (Å²) in [4.78, 5) is 18.4. The van der Waals surface area contributed by atoms with E-state index in [1.54, 1.807) is 34.7 Å². The van der Waals surface area contributed by atoms with E-state index in [1.807, 2.05) is 6.92 Å². The molecule has 0 saturated heterocycles. The average Bonchev–Trinajstić information content (AvgIpc) is 2.86. The zero-order valence-electron chi connectivity index (χ0n) is 12.4. The summed E-state index contributed by atoms with van der Waals surface area (Å²) < 4.78 is 1.71. The second-order valence-electron chi connectivity index (χ2n) is 5.11. The molecule has 0 aliphatic carbocycles. The van der Waals surface area contributed by atoms with Gasteiger partial charge in [-0.2, -0.15) is 5.26 Å². The maximum atomic E-state index is 12.3. The molecule has 116 valence electrons. The molecule has 1 atom stereocenters. The number of halogens is 2. The van der Waals surface area contributed by atoms with Crippen molar-refractivity contribution in [2.75, 3.05) is 13.1 Å². The molecule has 22 heavy (non-hydrogen) atoms. The van der Waals surface area contributed by atoms with E-state index in [9.17, 15) is 4.79 Å². The van der Waals surface area contributed by atoms with Crippen LogP contribution in [0.1, 0.15) is 19.5 Å². The Bertz CT molecular complexity index is 735. The number of likely N-dealkylation sites (N-methyl/N-ethyl adjacent to an activating group) is 1. The van der Waals surface area contributed by atoms with Gasteiger partial charge in [0.05, 0.1) is 34.1 Å². The predicted molar refractivity (Wildman–Crippen MR) is 85.9 cm³/mol. The van der Waals surface area contributed by atoms with E-state index in [0.717, 1.165) is 0 Å². The normalized spacial score (nSPS) is 12.1. The lowest BCUT2D eigenvalue weighted by atomic mass is 10.2. The number of aromatic nitrogens is 2. The third-order valence-corrected chi connectivity index (χ3v) is 3.79. The molecule has 5 nitrogen and oxygen atoms in total. The van der Waals surface area contributed by atoms with Crippen LogP contribution in [0.25, 0.3) is 5.65 Å². The average molecular weight is 339 g/mol. The number of hydrogen-bond donors (Lipinski definition) is 0. The number of pyridine rings is 1. The summed E-state index contributed by atoms with van der Waals surface area (Å²) >= 11 is 12.0. The molecular weight excluding hydrogens is 323 g/mol. The minimum atomic E-state index is -0.196. The van der Waals surface area contributed by atoms with Gasteiger partial charge in [-0.25, -0.2) is 4.98 Å². The Hall–Kier alpha value is -1.77. The number of nitrogens with zero attached hydrogens (tertiary/aromatic N) is 4. The summed E-state index contributed by atoms with van der Waals surface area (Å²) in [6.45, 7) is 4.67. The Morgan fingerprint density at radius 3 is 2.86 bits per heavy atom. The minimum Gasteiger partial charge on any atom is -0.341 e. The number of carbonyl (C=O) groups is 1. The molecule has 0 saturated carbocycles. The number of hydrogen-bond acceptors (Lipinski definition) is 3. The summed E-state index contributed by atoms with van der Waals surface area (Å²) in [5.41, 5.74) is 1.19. The molecule has 0 aliphatic heterocycles. The Kier molecular flexibility index (Phi) is 5.28. The number of amides is 1. The first-order valence-electron chi connectivity index (χ1n) is 6.94. The maximum Gasteiger partial charge on any atom is 0.228 e. The lowest BCUT2D eigenvalue weighted by Crippen LogP contribution is -2.35. The van der Waals surface area contributed by atoms with Gasteiger partial charge in [0.2, 0.25) is 5.91 Å². The Morgan fingerprint density at radius 1 is 1.50 bits per heavy atom. The molecule has 0 N–H and O–H groups in total. The van der Waals surface area contributed by atoms with E-state index in [-0.39, 0.29) is 18.2 Å². The number of imidazole rings is 1. The molecule has 0 fully saturated rings. The molecule has 1 amide bonds. The highest BCUT2D eigenvalue weighted by Gasteiger charge is 2.17. The second kappa shape index (κ2) is 6.99. The van der Waals surface area contributed by atoms with E-state index in [4.69, 9.17) is 28.5 Å². The van der Waals surface area contributed by atoms with Gasteiger partial charge in [0.25, 0.3) is 0 Å². The first kappa shape index (κ1) is 16.6. The maximum absolute atomic E-state index is 12.3. The van der Waals surface area contributed by atoms with Crippen LogP contribution in [0.5, 0.6) is 0 Å². The third-order valence-electron chi connectivity index (χ3n) is 3.30. The molecule has 0 spiro atoms. The van der Waals surface area contributed by atoms with E-state index < -0.39 is 0 Å². The van der Waals surface area contributed by atoms with Gasteiger partial charge in [0.1, 0.15) is 0 Å². The predicted octanol–water partition coefficient (Wildman–Crippen LogP) is 3.19. The van der Waals surface area contributed by atoms with Crippen molar-refractivity contribution in [3.63, 3.8) is 0 Å². The van der Waals surface area contributed by atoms with Gasteiger partial charge >= 0.3 is 0 Å². The molecule has 0 bridgehead atoms. The molecule has 7 heteroatoms. The number of carbonyl (C=O) groups excluding carboxylic acids is 1. The van der Waals surface area contributed by atoms with Crippen LogP contribution in [0.15, 0.2) is 18.5 Å². The molecule has 2 rings (SSSR count). The van der Waals surface area contributed by atoms with Crippen molar-refractivity contribution in [1.82, 2.24) is 14.3 Å². The Balaban J connectivity index is 2.17. The largest absolute Gasteiger partial charge is 0.341 e. The zero-order valence-corrected chi connectivity index (χ0v) is 13.9. The van der Waals surface area contributed by atoms with Gasteiger partial charge < -0.3 is 9.30 Å². The van der Waals surface area contributed by atoms with Gasteiger partial charge in [0.15, 0.2) is 5.65 Å². The molecule has 2 aromatic heterocycles. The lowest BCUT2D eigenvalue weighted by Gasteiger charge is -2.21. The smallest absolute Gasteiger partial charge is 0.228 e. The van der Waals surface area contributed by atoms with Gasteiger partial charge in [0, 0.05) is 25.5 Å². The molecule has 2 heterocycles. The van der Waals surface area contributed by atoms with Crippen LogP contribution in [0, 0.1) is 17.2 Å². The fourth-order valence-corrected chi connectivity index (χ4v) is 2.73. The fraction of sp³-hybridized carbons (Fsp3) is 0.400. The van der Waals surface area contributed by atoms with Crippen LogP contribution in [0.4, 0.5) is 0 Å². The van der Waals surface area contributed by atoms with Crippen molar-refractivity contribution in [3.05, 3.63) is 34.2 Å². The van der Waals surface area contributed by atoms with Crippen molar-refractivity contribution in [2.45, 2.75) is 20.3 Å². The summed E-state index contributed by atoms with van der Waals surface area (Å²) in [7, 11) is 0. The minimum absolute atomic E-state index is 0.0600. The lowest BCUT2D eigenvalue weighted by molar-refractivity contribution is -0.130. The van der Waals surface area contributed by atoms with Crippen molar-refractivity contribution >= 4 is 34.8 Å². The van der Waals surface area contributed by atoms with E-state index in [1.165, 1.54) is 0 Å². The monoisotopic (exact) mass is 338 g/mol. The van der Waals surface area contributed by atoms with Crippen LogP contribution in [-0.2, 0) is 11.2 Å². The zero-order chi connectivity index (χ0) is 16.3. The van der Waals surface area contributed by atoms with Crippen LogP contribution in [-0.4, -0.2) is 33.3 Å². The fourth-order valence-electron chi connectivity index (χ4n) is 2.21. The number of rotatable bonds is 5. The molecule has 0 unspecified atom stereocenters. The molecule has 0 radical (unpaired) electrons. The van der Waals surface area contributed by atoms with Gasteiger partial charge in [-0.05, 0) is 19.9 Å². The van der Waals surface area contributed by atoms with E-state index in [0.29, 0.717) is 34.5 Å². The highest BCUT2D eigenvalue weighted by molar-refractivity contribution is 6.36.